The van der Waals surface area contributed by atoms with Gasteiger partial charge < -0.3 is 5.32 Å². The van der Waals surface area contributed by atoms with Crippen molar-refractivity contribution in [1.29, 1.82) is 0 Å². The van der Waals surface area contributed by atoms with Crippen LogP contribution in [-0.4, -0.2) is 16.1 Å². The molecule has 0 spiro atoms. The fraction of sp³-hybridized carbons (Fsp3) is 0.429. The van der Waals surface area contributed by atoms with E-state index in [1.807, 2.05) is 24.3 Å². The zero-order valence-electron chi connectivity index (χ0n) is 10.3. The summed E-state index contributed by atoms with van der Waals surface area (Å²) in [5.74, 6) is 0.408. The normalized spacial score (nSPS) is 16.2. The van der Waals surface area contributed by atoms with Gasteiger partial charge in [0.15, 0.2) is 0 Å². The minimum Gasteiger partial charge on any atom is -0.350 e. The molecule has 0 unspecified atom stereocenters. The van der Waals surface area contributed by atoms with Crippen LogP contribution in [0.1, 0.15) is 31.4 Å². The maximum atomic E-state index is 11.9. The van der Waals surface area contributed by atoms with Gasteiger partial charge in [-0.15, -0.1) is 0 Å². The molecular weight excluding hydrogens is 226 g/mol. The molecule has 1 aromatic heterocycles. The van der Waals surface area contributed by atoms with Gasteiger partial charge in [-0.05, 0) is 18.9 Å². The van der Waals surface area contributed by atoms with E-state index in [2.05, 4.69) is 15.5 Å². The van der Waals surface area contributed by atoms with E-state index in [9.17, 15) is 4.79 Å². The summed E-state index contributed by atoms with van der Waals surface area (Å²) in [6, 6.07) is 7.94. The smallest absolute Gasteiger partial charge is 0.223 e. The Morgan fingerprint density at radius 1 is 1.33 bits per heavy atom. The third kappa shape index (κ3) is 2.10. The highest BCUT2D eigenvalue weighted by molar-refractivity contribution is 5.82. The lowest BCUT2D eigenvalue weighted by molar-refractivity contribution is -0.124. The number of aromatic amines is 1. The molecule has 0 radical (unpaired) electrons. The molecule has 2 aromatic rings. The van der Waals surface area contributed by atoms with Crippen LogP contribution in [0.2, 0.25) is 0 Å². The molecule has 2 N–H and O–H groups in total. The third-order valence-corrected chi connectivity index (χ3v) is 3.71. The Hall–Kier alpha value is -1.84. The van der Waals surface area contributed by atoms with Gasteiger partial charge in [0.2, 0.25) is 5.91 Å². The molecule has 94 valence electrons. The van der Waals surface area contributed by atoms with Crippen molar-refractivity contribution in [2.75, 3.05) is 0 Å². The maximum absolute atomic E-state index is 11.9. The first-order valence-electron chi connectivity index (χ1n) is 6.54. The SMILES string of the molecule is O=C(NCc1[nH]nc2ccccc12)C1CCCC1. The van der Waals surface area contributed by atoms with Crippen molar-refractivity contribution in [3.8, 4) is 0 Å². The van der Waals surface area contributed by atoms with Crippen LogP contribution >= 0.6 is 0 Å². The van der Waals surface area contributed by atoms with Gasteiger partial charge in [-0.25, -0.2) is 0 Å². The summed E-state index contributed by atoms with van der Waals surface area (Å²) in [6.45, 7) is 0.538. The van der Waals surface area contributed by atoms with Gasteiger partial charge >= 0.3 is 0 Å². The van der Waals surface area contributed by atoms with Gasteiger partial charge in [0.25, 0.3) is 0 Å². The zero-order valence-corrected chi connectivity index (χ0v) is 10.3. The van der Waals surface area contributed by atoms with E-state index < -0.39 is 0 Å². The number of fused-ring (bicyclic) bond motifs is 1. The number of amides is 1. The first kappa shape index (κ1) is 11.3. The first-order valence-corrected chi connectivity index (χ1v) is 6.54. The third-order valence-electron chi connectivity index (χ3n) is 3.71. The standard InChI is InChI=1S/C14H17N3O/c18-14(10-5-1-2-6-10)15-9-13-11-7-3-4-8-12(11)16-17-13/h3-4,7-8,10H,1-2,5-6,9H2,(H,15,18)(H,16,17). The number of nitrogens with zero attached hydrogens (tertiary/aromatic N) is 1. The van der Waals surface area contributed by atoms with Crippen LogP contribution in [0, 0.1) is 5.92 Å². The van der Waals surface area contributed by atoms with Crippen LogP contribution < -0.4 is 5.32 Å². The Bertz CT molecular complexity index is 555. The summed E-state index contributed by atoms with van der Waals surface area (Å²) in [5.41, 5.74) is 1.93. The Kier molecular flexibility index (Phi) is 3.00. The second-order valence-electron chi connectivity index (χ2n) is 4.92. The molecule has 1 aliphatic carbocycles. The fourth-order valence-electron chi connectivity index (χ4n) is 2.66. The Balaban J connectivity index is 1.67. The molecule has 4 heteroatoms. The summed E-state index contributed by atoms with van der Waals surface area (Å²) in [7, 11) is 0. The molecule has 0 saturated heterocycles. The number of carbonyl (C=O) groups excluding carboxylic acids is 1. The molecule has 1 heterocycles. The minimum atomic E-state index is 0.186. The van der Waals surface area contributed by atoms with Crippen molar-refractivity contribution in [3.05, 3.63) is 30.0 Å². The molecule has 0 bridgehead atoms. The Morgan fingerprint density at radius 2 is 2.11 bits per heavy atom. The largest absolute Gasteiger partial charge is 0.350 e. The Labute approximate surface area is 106 Å². The van der Waals surface area contributed by atoms with E-state index in [1.165, 1.54) is 12.8 Å². The molecule has 1 aromatic carbocycles. The number of aromatic nitrogens is 2. The number of hydrogen-bond donors (Lipinski definition) is 2. The average molecular weight is 243 g/mol. The molecule has 18 heavy (non-hydrogen) atoms. The number of nitrogens with one attached hydrogen (secondary N) is 2. The lowest BCUT2D eigenvalue weighted by Crippen LogP contribution is -2.28. The topological polar surface area (TPSA) is 57.8 Å². The van der Waals surface area contributed by atoms with Crippen molar-refractivity contribution in [2.24, 2.45) is 5.92 Å². The van der Waals surface area contributed by atoms with Gasteiger partial charge in [-0.1, -0.05) is 31.0 Å². The van der Waals surface area contributed by atoms with Crippen LogP contribution in [0.3, 0.4) is 0 Å². The van der Waals surface area contributed by atoms with Crippen molar-refractivity contribution in [1.82, 2.24) is 15.5 Å². The number of hydrogen-bond acceptors (Lipinski definition) is 2. The van der Waals surface area contributed by atoms with E-state index >= 15 is 0 Å². The van der Waals surface area contributed by atoms with Gasteiger partial charge in [-0.3, -0.25) is 9.89 Å². The summed E-state index contributed by atoms with van der Waals surface area (Å²) in [5, 5.41) is 11.3. The first-order chi connectivity index (χ1) is 8.84. The lowest BCUT2D eigenvalue weighted by atomic mass is 10.1. The molecule has 0 aliphatic heterocycles. The highest BCUT2D eigenvalue weighted by atomic mass is 16.1. The molecule has 4 nitrogen and oxygen atoms in total. The summed E-state index contributed by atoms with van der Waals surface area (Å²) < 4.78 is 0. The highest BCUT2D eigenvalue weighted by Crippen LogP contribution is 2.24. The predicted octanol–water partition coefficient (Wildman–Crippen LogP) is 2.37. The van der Waals surface area contributed by atoms with Crippen LogP contribution in [0.5, 0.6) is 0 Å². The van der Waals surface area contributed by atoms with E-state index in [-0.39, 0.29) is 11.8 Å². The number of rotatable bonds is 3. The van der Waals surface area contributed by atoms with Crippen LogP contribution in [-0.2, 0) is 11.3 Å². The van der Waals surface area contributed by atoms with E-state index in [4.69, 9.17) is 0 Å². The van der Waals surface area contributed by atoms with Crippen LogP contribution in [0.25, 0.3) is 10.9 Å². The van der Waals surface area contributed by atoms with Gasteiger partial charge in [-0.2, -0.15) is 5.10 Å². The highest BCUT2D eigenvalue weighted by Gasteiger charge is 2.22. The van der Waals surface area contributed by atoms with Crippen LogP contribution in [0.4, 0.5) is 0 Å². The van der Waals surface area contributed by atoms with Gasteiger partial charge in [0, 0.05) is 11.3 Å². The van der Waals surface area contributed by atoms with Crippen molar-refractivity contribution in [3.63, 3.8) is 0 Å². The van der Waals surface area contributed by atoms with Gasteiger partial charge in [0.05, 0.1) is 17.8 Å². The van der Waals surface area contributed by atoms with E-state index in [0.29, 0.717) is 6.54 Å². The predicted molar refractivity (Wildman–Crippen MR) is 69.9 cm³/mol. The molecule has 1 fully saturated rings. The molecule has 0 atom stereocenters. The number of H-pyrrole nitrogens is 1. The van der Waals surface area contributed by atoms with E-state index in [0.717, 1.165) is 29.4 Å². The number of para-hydroxylation sites is 1. The number of carbonyl (C=O) groups is 1. The monoisotopic (exact) mass is 243 g/mol. The van der Waals surface area contributed by atoms with Crippen molar-refractivity contribution < 1.29 is 4.79 Å². The van der Waals surface area contributed by atoms with Crippen molar-refractivity contribution >= 4 is 16.8 Å². The minimum absolute atomic E-state index is 0.186. The van der Waals surface area contributed by atoms with E-state index in [1.54, 1.807) is 0 Å². The maximum Gasteiger partial charge on any atom is 0.223 e. The van der Waals surface area contributed by atoms with Crippen molar-refractivity contribution in [2.45, 2.75) is 32.2 Å². The lowest BCUT2D eigenvalue weighted by Gasteiger charge is -2.09. The fourth-order valence-corrected chi connectivity index (χ4v) is 2.66. The molecule has 3 rings (SSSR count). The van der Waals surface area contributed by atoms with Gasteiger partial charge in [0.1, 0.15) is 0 Å². The zero-order chi connectivity index (χ0) is 12.4. The second-order valence-corrected chi connectivity index (χ2v) is 4.92. The average Bonchev–Trinajstić information content (AvgIpc) is 3.06. The quantitative estimate of drug-likeness (QED) is 0.869. The summed E-state index contributed by atoms with van der Waals surface area (Å²) in [4.78, 5) is 11.9. The number of benzene rings is 1. The second kappa shape index (κ2) is 4.80. The molecule has 1 saturated carbocycles. The molecule has 1 aliphatic rings. The molecular formula is C14H17N3O. The van der Waals surface area contributed by atoms with Crippen LogP contribution in [0.15, 0.2) is 24.3 Å². The summed E-state index contributed by atoms with van der Waals surface area (Å²) >= 11 is 0. The summed E-state index contributed by atoms with van der Waals surface area (Å²) in [6.07, 6.45) is 4.45. The Morgan fingerprint density at radius 3 is 2.94 bits per heavy atom. The molecule has 1 amide bonds.